The lowest BCUT2D eigenvalue weighted by molar-refractivity contribution is 1.26. The molecule has 0 bridgehead atoms. The summed E-state index contributed by atoms with van der Waals surface area (Å²) in [7, 11) is 0. The fourth-order valence-electron chi connectivity index (χ4n) is 11.1. The molecule has 0 amide bonds. The van der Waals surface area contributed by atoms with Crippen LogP contribution in [-0.4, -0.2) is 6.71 Å². The summed E-state index contributed by atoms with van der Waals surface area (Å²) in [4.78, 5) is 5.13. The summed E-state index contributed by atoms with van der Waals surface area (Å²) in [6.45, 7) is -0.0520. The molecule has 0 N–H and O–H groups in total. The Labute approximate surface area is 341 Å². The maximum atomic E-state index is 2.57. The lowest BCUT2D eigenvalue weighted by Gasteiger charge is -2.45. The average Bonchev–Trinajstić information content (AvgIpc) is 3.30. The van der Waals surface area contributed by atoms with Crippen molar-refractivity contribution in [3.05, 3.63) is 200 Å². The minimum Gasteiger partial charge on any atom is -0.311 e. The van der Waals surface area contributed by atoms with Crippen molar-refractivity contribution in [1.29, 1.82) is 0 Å². The molecule has 2 aliphatic heterocycles. The lowest BCUT2D eigenvalue weighted by Crippen LogP contribution is -2.61. The van der Waals surface area contributed by atoms with E-state index in [-0.39, 0.29) is 6.71 Å². The molecule has 12 aromatic carbocycles. The molecule has 0 atom stereocenters. The van der Waals surface area contributed by atoms with Gasteiger partial charge in [0.05, 0.1) is 0 Å². The Morgan fingerprint density at radius 1 is 0.271 bits per heavy atom. The van der Waals surface area contributed by atoms with Gasteiger partial charge in [-0.1, -0.05) is 152 Å². The maximum absolute atomic E-state index is 2.57. The highest BCUT2D eigenvalue weighted by molar-refractivity contribution is 7.03. The van der Waals surface area contributed by atoms with Gasteiger partial charge in [-0.15, -0.1) is 0 Å². The molecule has 12 aromatic rings. The standard InChI is InChI=1S/C56H33BN2/c1-4-12-34(13-5-1)41-32-48-56-49(33-41)59(43-20-8-3-9-21-43)47-31-40-25-23-36-15-11-17-38-27-29-45(53(40)51(36)38)55(47)57(56)54-44-28-26-37-16-10-14-35-22-24-39(52(44)50(35)37)30-46(54)58(48)42-18-6-2-7-19-42/h1-33H. The van der Waals surface area contributed by atoms with Crippen LogP contribution in [0.3, 0.4) is 0 Å². The Hall–Kier alpha value is -7.62. The van der Waals surface area contributed by atoms with Crippen LogP contribution in [0.25, 0.3) is 75.8 Å². The Balaban J connectivity index is 1.23. The highest BCUT2D eigenvalue weighted by Gasteiger charge is 2.46. The van der Waals surface area contributed by atoms with Gasteiger partial charge in [-0.25, -0.2) is 0 Å². The number of hydrogen-bond acceptors (Lipinski definition) is 2. The van der Waals surface area contributed by atoms with Crippen molar-refractivity contribution in [2.24, 2.45) is 0 Å². The van der Waals surface area contributed by atoms with Crippen LogP contribution in [0.2, 0.25) is 0 Å². The second kappa shape index (κ2) is 11.5. The summed E-state index contributed by atoms with van der Waals surface area (Å²) in [5.41, 5.74) is 13.7. The van der Waals surface area contributed by atoms with Gasteiger partial charge in [-0.2, -0.15) is 0 Å². The number of para-hydroxylation sites is 2. The third-order valence-corrected chi connectivity index (χ3v) is 13.4. The molecule has 2 aliphatic rings. The van der Waals surface area contributed by atoms with Crippen molar-refractivity contribution in [2.45, 2.75) is 0 Å². The lowest BCUT2D eigenvalue weighted by atomic mass is 9.32. The third kappa shape index (κ3) is 4.16. The van der Waals surface area contributed by atoms with Gasteiger partial charge in [0, 0.05) is 34.1 Å². The van der Waals surface area contributed by atoms with Crippen molar-refractivity contribution in [3.63, 3.8) is 0 Å². The molecule has 0 fully saturated rings. The zero-order chi connectivity index (χ0) is 38.3. The minimum atomic E-state index is -0.0520. The van der Waals surface area contributed by atoms with E-state index in [2.05, 4.69) is 210 Å². The van der Waals surface area contributed by atoms with Crippen molar-refractivity contribution >= 4 is 122 Å². The van der Waals surface area contributed by atoms with Crippen molar-refractivity contribution in [1.82, 2.24) is 0 Å². The van der Waals surface area contributed by atoms with E-state index in [1.54, 1.807) is 0 Å². The molecule has 2 nitrogen and oxygen atoms in total. The quantitative estimate of drug-likeness (QED) is 0.131. The summed E-state index contributed by atoms with van der Waals surface area (Å²) in [5.74, 6) is 0. The van der Waals surface area contributed by atoms with Gasteiger partial charge in [0.2, 0.25) is 0 Å². The van der Waals surface area contributed by atoms with E-state index in [9.17, 15) is 0 Å². The monoisotopic (exact) mass is 744 g/mol. The van der Waals surface area contributed by atoms with Gasteiger partial charge >= 0.3 is 0 Å². The molecule has 0 aliphatic carbocycles. The molecular weight excluding hydrogens is 711 g/mol. The van der Waals surface area contributed by atoms with Crippen LogP contribution in [-0.2, 0) is 0 Å². The molecule has 0 saturated heterocycles. The van der Waals surface area contributed by atoms with Gasteiger partial charge in [-0.3, -0.25) is 0 Å². The molecule has 270 valence electrons. The first-order chi connectivity index (χ1) is 29.3. The van der Waals surface area contributed by atoms with Crippen LogP contribution >= 0.6 is 0 Å². The van der Waals surface area contributed by atoms with E-state index in [1.807, 2.05) is 0 Å². The highest BCUT2D eigenvalue weighted by atomic mass is 15.2. The second-order valence-corrected chi connectivity index (χ2v) is 16.4. The van der Waals surface area contributed by atoms with Crippen molar-refractivity contribution < 1.29 is 0 Å². The summed E-state index contributed by atoms with van der Waals surface area (Å²) < 4.78 is 0. The fraction of sp³-hybridized carbons (Fsp3) is 0. The van der Waals surface area contributed by atoms with Crippen LogP contribution in [0.1, 0.15) is 0 Å². The minimum absolute atomic E-state index is 0.0520. The SMILES string of the molecule is c1ccc(-c2cc3c4c(c2)N(c2ccccc2)c2cc5ccc6cccc7ccc(c2B4c2c(cc4ccc8cccc9ccc2c4c89)N3c2ccccc2)c5c67)cc1. The Kier molecular flexibility index (Phi) is 6.13. The van der Waals surface area contributed by atoms with E-state index in [4.69, 9.17) is 0 Å². The fourth-order valence-corrected chi connectivity index (χ4v) is 11.1. The number of hydrogen-bond donors (Lipinski definition) is 0. The topological polar surface area (TPSA) is 6.48 Å². The normalized spacial score (nSPS) is 13.3. The van der Waals surface area contributed by atoms with E-state index < -0.39 is 0 Å². The zero-order valence-electron chi connectivity index (χ0n) is 32.0. The van der Waals surface area contributed by atoms with Crippen LogP contribution in [0.4, 0.5) is 34.1 Å². The van der Waals surface area contributed by atoms with Gasteiger partial charge < -0.3 is 9.80 Å². The smallest absolute Gasteiger partial charge is 0.253 e. The first-order valence-corrected chi connectivity index (χ1v) is 20.6. The Morgan fingerprint density at radius 2 is 0.661 bits per heavy atom. The molecule has 0 saturated carbocycles. The third-order valence-electron chi connectivity index (χ3n) is 13.4. The Morgan fingerprint density at radius 3 is 1.12 bits per heavy atom. The second-order valence-electron chi connectivity index (χ2n) is 16.4. The number of fused-ring (bicyclic) bond motifs is 6. The van der Waals surface area contributed by atoms with Gasteiger partial charge in [0.15, 0.2) is 0 Å². The van der Waals surface area contributed by atoms with Crippen LogP contribution in [0, 0.1) is 0 Å². The Bertz CT molecular complexity index is 3420. The first kappa shape index (κ1) is 31.5. The average molecular weight is 745 g/mol. The highest BCUT2D eigenvalue weighted by Crippen LogP contribution is 2.50. The van der Waals surface area contributed by atoms with Gasteiger partial charge in [0.25, 0.3) is 6.71 Å². The molecule has 0 radical (unpaired) electrons. The van der Waals surface area contributed by atoms with Crippen molar-refractivity contribution in [3.8, 4) is 11.1 Å². The largest absolute Gasteiger partial charge is 0.311 e. The van der Waals surface area contributed by atoms with E-state index in [0.29, 0.717) is 0 Å². The van der Waals surface area contributed by atoms with Gasteiger partial charge in [0.1, 0.15) is 0 Å². The zero-order valence-corrected chi connectivity index (χ0v) is 32.0. The first-order valence-electron chi connectivity index (χ1n) is 20.6. The molecule has 0 unspecified atom stereocenters. The summed E-state index contributed by atoms with van der Waals surface area (Å²) in [5, 5.41) is 15.7. The van der Waals surface area contributed by atoms with E-state index in [1.165, 1.54) is 115 Å². The number of nitrogens with zero attached hydrogens (tertiary/aromatic N) is 2. The maximum Gasteiger partial charge on any atom is 0.253 e. The molecule has 3 heteroatoms. The molecule has 0 spiro atoms. The van der Waals surface area contributed by atoms with E-state index >= 15 is 0 Å². The number of anilines is 6. The van der Waals surface area contributed by atoms with E-state index in [0.717, 1.165) is 11.4 Å². The predicted molar refractivity (Wildman–Crippen MR) is 253 cm³/mol. The van der Waals surface area contributed by atoms with Crippen LogP contribution in [0.5, 0.6) is 0 Å². The molecular formula is C56H33BN2. The summed E-state index contributed by atoms with van der Waals surface area (Å²) in [6, 6.07) is 75.2. The number of rotatable bonds is 3. The van der Waals surface area contributed by atoms with Crippen LogP contribution < -0.4 is 26.2 Å². The summed E-state index contributed by atoms with van der Waals surface area (Å²) >= 11 is 0. The molecule has 59 heavy (non-hydrogen) atoms. The van der Waals surface area contributed by atoms with Gasteiger partial charge in [-0.05, 0) is 141 Å². The summed E-state index contributed by atoms with van der Waals surface area (Å²) in [6.07, 6.45) is 0. The van der Waals surface area contributed by atoms with Crippen molar-refractivity contribution in [2.75, 3.05) is 9.80 Å². The molecule has 14 rings (SSSR count). The predicted octanol–water partition coefficient (Wildman–Crippen LogP) is 13.2. The van der Waals surface area contributed by atoms with Crippen LogP contribution in [0.15, 0.2) is 200 Å². The molecule has 2 heterocycles. The number of benzene rings is 12. The molecule has 0 aromatic heterocycles.